The summed E-state index contributed by atoms with van der Waals surface area (Å²) in [5.41, 5.74) is 12.7. The predicted octanol–water partition coefficient (Wildman–Crippen LogP) is 11.5. The SMILES string of the molecule is CC1(C)c2ccccc2-c2ccc(-c3nc(-n4c5cc(-c6ccccc6)ccc5c5c6ccccc6ccc54)nc4ccccc34)cc21. The van der Waals surface area contributed by atoms with Gasteiger partial charge in [-0.25, -0.2) is 9.97 Å². The number of fused-ring (bicyclic) bond motifs is 9. The van der Waals surface area contributed by atoms with Crippen molar-refractivity contribution < 1.29 is 0 Å². The van der Waals surface area contributed by atoms with Gasteiger partial charge in [-0.1, -0.05) is 141 Å². The van der Waals surface area contributed by atoms with E-state index in [-0.39, 0.29) is 5.41 Å². The fourth-order valence-corrected chi connectivity index (χ4v) is 8.05. The highest BCUT2D eigenvalue weighted by molar-refractivity contribution is 6.21. The Bertz CT molecular complexity index is 2750. The van der Waals surface area contributed by atoms with Gasteiger partial charge in [0.1, 0.15) is 0 Å². The van der Waals surface area contributed by atoms with Gasteiger partial charge in [-0.05, 0) is 68.4 Å². The van der Waals surface area contributed by atoms with Crippen molar-refractivity contribution in [2.24, 2.45) is 0 Å². The van der Waals surface area contributed by atoms with E-state index in [2.05, 4.69) is 170 Å². The van der Waals surface area contributed by atoms with Gasteiger partial charge in [0.25, 0.3) is 0 Å². The van der Waals surface area contributed by atoms with Crippen LogP contribution in [0.5, 0.6) is 0 Å². The molecule has 48 heavy (non-hydrogen) atoms. The normalized spacial score (nSPS) is 13.4. The maximum atomic E-state index is 5.47. The largest absolute Gasteiger partial charge is 0.278 e. The number of nitrogens with zero attached hydrogens (tertiary/aromatic N) is 3. The van der Waals surface area contributed by atoms with Crippen molar-refractivity contribution in [3.8, 4) is 39.5 Å². The highest BCUT2D eigenvalue weighted by Crippen LogP contribution is 2.49. The molecule has 0 atom stereocenters. The number of hydrogen-bond donors (Lipinski definition) is 0. The molecule has 0 saturated heterocycles. The lowest BCUT2D eigenvalue weighted by atomic mass is 9.82. The molecule has 0 N–H and O–H groups in total. The smallest absolute Gasteiger partial charge is 0.235 e. The zero-order chi connectivity index (χ0) is 32.0. The van der Waals surface area contributed by atoms with E-state index in [0.717, 1.165) is 38.8 Å². The van der Waals surface area contributed by atoms with Gasteiger partial charge >= 0.3 is 0 Å². The maximum absolute atomic E-state index is 5.47. The van der Waals surface area contributed by atoms with E-state index in [1.807, 2.05) is 0 Å². The van der Waals surface area contributed by atoms with Crippen LogP contribution in [0.4, 0.5) is 0 Å². The molecule has 3 heteroatoms. The molecule has 0 radical (unpaired) electrons. The second-order valence-corrected chi connectivity index (χ2v) is 13.4. The molecule has 0 bridgehead atoms. The van der Waals surface area contributed by atoms with Crippen molar-refractivity contribution in [3.63, 3.8) is 0 Å². The van der Waals surface area contributed by atoms with Gasteiger partial charge in [0.15, 0.2) is 0 Å². The van der Waals surface area contributed by atoms with E-state index in [0.29, 0.717) is 5.95 Å². The van der Waals surface area contributed by atoms with Gasteiger partial charge in [-0.15, -0.1) is 0 Å². The van der Waals surface area contributed by atoms with E-state index >= 15 is 0 Å². The first kappa shape index (κ1) is 27.1. The Labute approximate surface area is 278 Å². The van der Waals surface area contributed by atoms with Crippen LogP contribution in [0, 0.1) is 0 Å². The molecular weight excluding hydrogens is 583 g/mol. The first-order chi connectivity index (χ1) is 23.6. The van der Waals surface area contributed by atoms with Gasteiger partial charge in [0.05, 0.1) is 22.2 Å². The Balaban J connectivity index is 1.27. The van der Waals surface area contributed by atoms with Crippen LogP contribution >= 0.6 is 0 Å². The average Bonchev–Trinajstić information content (AvgIpc) is 3.60. The van der Waals surface area contributed by atoms with Gasteiger partial charge in [0, 0.05) is 27.1 Å². The molecule has 1 aliphatic carbocycles. The summed E-state index contributed by atoms with van der Waals surface area (Å²) in [5.74, 6) is 0.673. The molecule has 2 aromatic heterocycles. The lowest BCUT2D eigenvalue weighted by Gasteiger charge is -2.22. The molecule has 0 amide bonds. The molecule has 1 aliphatic rings. The lowest BCUT2D eigenvalue weighted by Crippen LogP contribution is -2.15. The van der Waals surface area contributed by atoms with Crippen molar-refractivity contribution in [2.75, 3.05) is 0 Å². The monoisotopic (exact) mass is 613 g/mol. The van der Waals surface area contributed by atoms with E-state index in [9.17, 15) is 0 Å². The number of rotatable bonds is 3. The van der Waals surface area contributed by atoms with E-state index in [1.54, 1.807) is 0 Å². The standard InChI is InChI=1S/C45H31N3/c1-45(2)37-18-10-8-16-33(37)34-23-21-31(26-38(34)45)43-35-17-9-11-19-39(35)46-44(47-43)48-40-25-22-29-14-6-7-15-32(29)42(40)36-24-20-30(27-41(36)48)28-12-4-3-5-13-28/h3-27H,1-2H3. The van der Waals surface area contributed by atoms with E-state index < -0.39 is 0 Å². The van der Waals surface area contributed by atoms with Crippen molar-refractivity contribution >= 4 is 43.5 Å². The van der Waals surface area contributed by atoms with Gasteiger partial charge in [-0.3, -0.25) is 4.57 Å². The summed E-state index contributed by atoms with van der Waals surface area (Å²) < 4.78 is 2.27. The Morgan fingerprint density at radius 1 is 0.479 bits per heavy atom. The second kappa shape index (κ2) is 9.97. The molecule has 0 fully saturated rings. The molecule has 0 spiro atoms. The third-order valence-electron chi connectivity index (χ3n) is 10.4. The summed E-state index contributed by atoms with van der Waals surface area (Å²) >= 11 is 0. The minimum absolute atomic E-state index is 0.102. The Kier molecular flexibility index (Phi) is 5.63. The van der Waals surface area contributed by atoms with Crippen LogP contribution in [0.1, 0.15) is 25.0 Å². The zero-order valence-corrected chi connectivity index (χ0v) is 26.8. The van der Waals surface area contributed by atoms with Crippen molar-refractivity contribution in [2.45, 2.75) is 19.3 Å². The first-order valence-electron chi connectivity index (χ1n) is 16.6. The Morgan fingerprint density at radius 2 is 1.21 bits per heavy atom. The van der Waals surface area contributed by atoms with E-state index in [4.69, 9.17) is 9.97 Å². The zero-order valence-electron chi connectivity index (χ0n) is 26.8. The third kappa shape index (κ3) is 3.82. The highest BCUT2D eigenvalue weighted by atomic mass is 15.2. The summed E-state index contributed by atoms with van der Waals surface area (Å²) in [4.78, 5) is 10.7. The fraction of sp³-hybridized carbons (Fsp3) is 0.0667. The van der Waals surface area contributed by atoms with Crippen molar-refractivity contribution in [1.29, 1.82) is 0 Å². The Hall–Kier alpha value is -6.06. The summed E-state index contributed by atoms with van der Waals surface area (Å²) in [5, 5.41) is 5.91. The van der Waals surface area contributed by atoms with Crippen LogP contribution in [0.25, 0.3) is 82.9 Å². The van der Waals surface area contributed by atoms with Crippen molar-refractivity contribution in [1.82, 2.24) is 14.5 Å². The number of benzene rings is 7. The highest BCUT2D eigenvalue weighted by Gasteiger charge is 2.35. The van der Waals surface area contributed by atoms with Gasteiger partial charge < -0.3 is 0 Å². The molecule has 226 valence electrons. The summed E-state index contributed by atoms with van der Waals surface area (Å²) in [7, 11) is 0. The molecule has 10 rings (SSSR count). The number of hydrogen-bond acceptors (Lipinski definition) is 2. The summed E-state index contributed by atoms with van der Waals surface area (Å²) in [6, 6.07) is 54.6. The fourth-order valence-electron chi connectivity index (χ4n) is 8.05. The minimum Gasteiger partial charge on any atom is -0.278 e. The third-order valence-corrected chi connectivity index (χ3v) is 10.4. The van der Waals surface area contributed by atoms with Crippen molar-refractivity contribution in [3.05, 3.63) is 163 Å². The first-order valence-corrected chi connectivity index (χ1v) is 16.6. The Morgan fingerprint density at radius 3 is 2.10 bits per heavy atom. The summed E-state index contributed by atoms with van der Waals surface area (Å²) in [6.45, 7) is 4.66. The summed E-state index contributed by atoms with van der Waals surface area (Å²) in [6.07, 6.45) is 0. The van der Waals surface area contributed by atoms with Gasteiger partial charge in [-0.2, -0.15) is 0 Å². The van der Waals surface area contributed by atoms with E-state index in [1.165, 1.54) is 49.4 Å². The van der Waals surface area contributed by atoms with Crippen LogP contribution in [-0.4, -0.2) is 14.5 Å². The molecule has 0 aliphatic heterocycles. The van der Waals surface area contributed by atoms with Crippen LogP contribution in [-0.2, 0) is 5.41 Å². The van der Waals surface area contributed by atoms with Gasteiger partial charge in [0.2, 0.25) is 5.95 Å². The lowest BCUT2D eigenvalue weighted by molar-refractivity contribution is 0.660. The minimum atomic E-state index is -0.102. The maximum Gasteiger partial charge on any atom is 0.235 e. The number of para-hydroxylation sites is 1. The van der Waals surface area contributed by atoms with Crippen LogP contribution in [0.15, 0.2) is 152 Å². The molecule has 0 saturated carbocycles. The van der Waals surface area contributed by atoms with Crippen LogP contribution < -0.4 is 0 Å². The molecule has 9 aromatic rings. The molecule has 2 heterocycles. The van der Waals surface area contributed by atoms with Crippen LogP contribution in [0.3, 0.4) is 0 Å². The molecule has 7 aromatic carbocycles. The molecule has 3 nitrogen and oxygen atoms in total. The molecular formula is C45H31N3. The average molecular weight is 614 g/mol. The molecule has 0 unspecified atom stereocenters. The predicted molar refractivity (Wildman–Crippen MR) is 200 cm³/mol. The quantitative estimate of drug-likeness (QED) is 0.198. The number of aromatic nitrogens is 3. The second-order valence-electron chi connectivity index (χ2n) is 13.4. The topological polar surface area (TPSA) is 30.7 Å². The van der Waals surface area contributed by atoms with Crippen LogP contribution in [0.2, 0.25) is 0 Å².